The smallest absolute Gasteiger partial charge is 0.267 e. The van der Waals surface area contributed by atoms with E-state index in [-0.39, 0.29) is 5.91 Å². The number of rotatable bonds is 1. The van der Waals surface area contributed by atoms with Crippen LogP contribution in [0.1, 0.15) is 21.6 Å². The zero-order chi connectivity index (χ0) is 11.0. The van der Waals surface area contributed by atoms with Crippen molar-refractivity contribution in [3.63, 3.8) is 0 Å². The number of benzene rings is 1. The molecule has 1 heterocycles. The molecular weight excluding hydrogens is 190 g/mol. The molecule has 0 saturated carbocycles. The third-order valence-electron chi connectivity index (χ3n) is 2.72. The standard InChI is InChI=1S/C11H13N3O/c1-6-7(2)13-10-8(6)4-3-5-9(10)11(15)14-12/h3-5,13H,12H2,1-2H3,(H,14,15). The molecule has 2 rings (SSSR count). The van der Waals surface area contributed by atoms with Crippen LogP contribution in [0, 0.1) is 13.8 Å². The van der Waals surface area contributed by atoms with Crippen LogP contribution in [0.2, 0.25) is 0 Å². The third kappa shape index (κ3) is 1.39. The number of nitrogen functional groups attached to an aromatic ring is 1. The first-order valence-electron chi connectivity index (χ1n) is 4.74. The van der Waals surface area contributed by atoms with E-state index in [4.69, 9.17) is 5.84 Å². The summed E-state index contributed by atoms with van der Waals surface area (Å²) in [4.78, 5) is 14.7. The van der Waals surface area contributed by atoms with E-state index in [0.717, 1.165) is 22.2 Å². The van der Waals surface area contributed by atoms with E-state index in [1.54, 1.807) is 6.07 Å². The van der Waals surface area contributed by atoms with E-state index in [9.17, 15) is 4.79 Å². The fourth-order valence-electron chi connectivity index (χ4n) is 1.75. The van der Waals surface area contributed by atoms with Crippen LogP contribution in [-0.2, 0) is 0 Å². The van der Waals surface area contributed by atoms with Gasteiger partial charge < -0.3 is 4.98 Å². The maximum atomic E-state index is 11.5. The number of fused-ring (bicyclic) bond motifs is 1. The van der Waals surface area contributed by atoms with Gasteiger partial charge in [0.2, 0.25) is 0 Å². The average Bonchev–Trinajstić information content (AvgIpc) is 2.54. The molecule has 1 amide bonds. The van der Waals surface area contributed by atoms with Crippen molar-refractivity contribution in [2.45, 2.75) is 13.8 Å². The number of nitrogens with two attached hydrogens (primary N) is 1. The van der Waals surface area contributed by atoms with Crippen LogP contribution in [0.15, 0.2) is 18.2 Å². The Balaban J connectivity index is 2.77. The van der Waals surface area contributed by atoms with Crippen molar-refractivity contribution in [1.29, 1.82) is 0 Å². The minimum absolute atomic E-state index is 0.276. The van der Waals surface area contributed by atoms with Crippen molar-refractivity contribution in [3.8, 4) is 0 Å². The second-order valence-electron chi connectivity index (χ2n) is 3.58. The lowest BCUT2D eigenvalue weighted by atomic mass is 10.1. The van der Waals surface area contributed by atoms with Gasteiger partial charge in [0.25, 0.3) is 5.91 Å². The first-order valence-corrected chi connectivity index (χ1v) is 4.74. The minimum Gasteiger partial charge on any atom is -0.358 e. The lowest BCUT2D eigenvalue weighted by molar-refractivity contribution is 0.0955. The molecule has 0 radical (unpaired) electrons. The molecule has 15 heavy (non-hydrogen) atoms. The Morgan fingerprint density at radius 1 is 1.40 bits per heavy atom. The van der Waals surface area contributed by atoms with Crippen molar-refractivity contribution in [3.05, 3.63) is 35.0 Å². The van der Waals surface area contributed by atoms with Crippen molar-refractivity contribution >= 4 is 16.8 Å². The molecule has 4 N–H and O–H groups in total. The highest BCUT2D eigenvalue weighted by Crippen LogP contribution is 2.23. The van der Waals surface area contributed by atoms with Crippen LogP contribution in [0.25, 0.3) is 10.9 Å². The number of H-pyrrole nitrogens is 1. The Labute approximate surface area is 87.4 Å². The molecular formula is C11H13N3O. The summed E-state index contributed by atoms with van der Waals surface area (Å²) in [7, 11) is 0. The van der Waals surface area contributed by atoms with Crippen LogP contribution in [-0.4, -0.2) is 10.9 Å². The molecule has 0 saturated heterocycles. The summed E-state index contributed by atoms with van der Waals surface area (Å²) in [5.41, 5.74) is 5.80. The molecule has 0 spiro atoms. The molecule has 1 aromatic heterocycles. The fourth-order valence-corrected chi connectivity index (χ4v) is 1.75. The van der Waals surface area contributed by atoms with Gasteiger partial charge in [-0.05, 0) is 25.5 Å². The Morgan fingerprint density at radius 2 is 2.13 bits per heavy atom. The van der Waals surface area contributed by atoms with Gasteiger partial charge in [-0.3, -0.25) is 10.2 Å². The second kappa shape index (κ2) is 3.40. The molecule has 0 atom stereocenters. The number of aryl methyl sites for hydroxylation is 2. The molecule has 4 heteroatoms. The van der Waals surface area contributed by atoms with Crippen LogP contribution in [0.4, 0.5) is 0 Å². The summed E-state index contributed by atoms with van der Waals surface area (Å²) < 4.78 is 0. The van der Waals surface area contributed by atoms with Gasteiger partial charge in [0.1, 0.15) is 0 Å². The van der Waals surface area contributed by atoms with Gasteiger partial charge in [0, 0.05) is 11.1 Å². The fraction of sp³-hybridized carbons (Fsp3) is 0.182. The summed E-state index contributed by atoms with van der Waals surface area (Å²) >= 11 is 0. The van der Waals surface area contributed by atoms with Gasteiger partial charge in [0.05, 0.1) is 11.1 Å². The minimum atomic E-state index is -0.276. The first kappa shape index (κ1) is 9.73. The van der Waals surface area contributed by atoms with Crippen LogP contribution in [0.3, 0.4) is 0 Å². The van der Waals surface area contributed by atoms with Crippen molar-refractivity contribution < 1.29 is 4.79 Å². The monoisotopic (exact) mass is 203 g/mol. The Hall–Kier alpha value is -1.81. The summed E-state index contributed by atoms with van der Waals surface area (Å²) in [5, 5.41) is 1.06. The van der Waals surface area contributed by atoms with Gasteiger partial charge in [-0.25, -0.2) is 5.84 Å². The molecule has 0 fully saturated rings. The van der Waals surface area contributed by atoms with Crippen LogP contribution in [0.5, 0.6) is 0 Å². The van der Waals surface area contributed by atoms with Crippen molar-refractivity contribution in [2.24, 2.45) is 5.84 Å². The Bertz CT molecular complexity index is 528. The summed E-state index contributed by atoms with van der Waals surface area (Å²) in [6, 6.07) is 5.59. The SMILES string of the molecule is Cc1[nH]c2c(C(=O)NN)cccc2c1C. The van der Waals surface area contributed by atoms with E-state index in [0.29, 0.717) is 5.56 Å². The van der Waals surface area contributed by atoms with E-state index in [2.05, 4.69) is 10.4 Å². The van der Waals surface area contributed by atoms with E-state index in [1.807, 2.05) is 26.0 Å². The molecule has 2 aromatic rings. The number of hydrazine groups is 1. The highest BCUT2D eigenvalue weighted by Gasteiger charge is 2.12. The molecule has 0 bridgehead atoms. The van der Waals surface area contributed by atoms with E-state index < -0.39 is 0 Å². The van der Waals surface area contributed by atoms with Gasteiger partial charge in [-0.15, -0.1) is 0 Å². The molecule has 4 nitrogen and oxygen atoms in total. The van der Waals surface area contributed by atoms with E-state index in [1.165, 1.54) is 0 Å². The quantitative estimate of drug-likeness (QED) is 0.372. The predicted octanol–water partition coefficient (Wildman–Crippen LogP) is 1.39. The Kier molecular flexibility index (Phi) is 2.21. The molecule has 0 aliphatic rings. The zero-order valence-corrected chi connectivity index (χ0v) is 8.72. The van der Waals surface area contributed by atoms with Crippen LogP contribution < -0.4 is 11.3 Å². The largest absolute Gasteiger partial charge is 0.358 e. The maximum Gasteiger partial charge on any atom is 0.267 e. The van der Waals surface area contributed by atoms with Gasteiger partial charge in [-0.1, -0.05) is 12.1 Å². The first-order chi connectivity index (χ1) is 7.15. The summed E-state index contributed by atoms with van der Waals surface area (Å²) in [5.74, 6) is 4.85. The number of carbonyl (C=O) groups is 1. The van der Waals surface area contributed by atoms with Crippen molar-refractivity contribution in [2.75, 3.05) is 0 Å². The lowest BCUT2D eigenvalue weighted by Gasteiger charge is -2.00. The van der Waals surface area contributed by atoms with E-state index >= 15 is 0 Å². The Morgan fingerprint density at radius 3 is 2.80 bits per heavy atom. The van der Waals surface area contributed by atoms with Crippen LogP contribution >= 0.6 is 0 Å². The number of hydrogen-bond donors (Lipinski definition) is 3. The lowest BCUT2D eigenvalue weighted by Crippen LogP contribution is -2.30. The zero-order valence-electron chi connectivity index (χ0n) is 8.72. The highest BCUT2D eigenvalue weighted by molar-refractivity contribution is 6.06. The number of carbonyl (C=O) groups excluding carboxylic acids is 1. The van der Waals surface area contributed by atoms with Gasteiger partial charge >= 0.3 is 0 Å². The second-order valence-corrected chi connectivity index (χ2v) is 3.58. The third-order valence-corrected chi connectivity index (χ3v) is 2.72. The number of hydrogen-bond acceptors (Lipinski definition) is 2. The molecule has 78 valence electrons. The predicted molar refractivity (Wildman–Crippen MR) is 59.4 cm³/mol. The summed E-state index contributed by atoms with van der Waals surface area (Å²) in [6.07, 6.45) is 0. The number of amides is 1. The van der Waals surface area contributed by atoms with Gasteiger partial charge in [0.15, 0.2) is 0 Å². The maximum absolute atomic E-state index is 11.5. The topological polar surface area (TPSA) is 70.9 Å². The number of aromatic amines is 1. The van der Waals surface area contributed by atoms with Crippen molar-refractivity contribution in [1.82, 2.24) is 10.4 Å². The van der Waals surface area contributed by atoms with Gasteiger partial charge in [-0.2, -0.15) is 0 Å². The average molecular weight is 203 g/mol. The summed E-state index contributed by atoms with van der Waals surface area (Å²) in [6.45, 7) is 4.01. The highest BCUT2D eigenvalue weighted by atomic mass is 16.2. The number of nitrogens with one attached hydrogen (secondary N) is 2. The normalized spacial score (nSPS) is 10.6. The molecule has 1 aromatic carbocycles. The number of aromatic nitrogens is 1. The molecule has 0 unspecified atom stereocenters. The molecule has 0 aliphatic carbocycles. The molecule has 0 aliphatic heterocycles. The number of para-hydroxylation sites is 1.